The molecule has 2 rings (SSSR count). The van der Waals surface area contributed by atoms with Crippen LogP contribution in [0.15, 0.2) is 39.5 Å². The van der Waals surface area contributed by atoms with E-state index in [2.05, 4.69) is 27.8 Å². The molecule has 72 valence electrons. The standard InChI is InChI=1S/C11H10BrNO/c1-2-10-11(13-7-14-10)8-5-3-4-6-9(8)12/h3-7H,2H2,1H3. The Bertz CT molecular complexity index is 436. The summed E-state index contributed by atoms with van der Waals surface area (Å²) in [6.45, 7) is 2.06. The summed E-state index contributed by atoms with van der Waals surface area (Å²) in [5, 5.41) is 0. The Kier molecular flexibility index (Phi) is 2.68. The van der Waals surface area contributed by atoms with E-state index in [-0.39, 0.29) is 0 Å². The van der Waals surface area contributed by atoms with E-state index < -0.39 is 0 Å². The third kappa shape index (κ3) is 1.60. The zero-order chi connectivity index (χ0) is 9.97. The van der Waals surface area contributed by atoms with Crippen LogP contribution in [0.5, 0.6) is 0 Å². The van der Waals surface area contributed by atoms with E-state index in [1.807, 2.05) is 24.3 Å². The lowest BCUT2D eigenvalue weighted by atomic mass is 10.1. The second-order valence-electron chi connectivity index (χ2n) is 2.96. The summed E-state index contributed by atoms with van der Waals surface area (Å²) in [7, 11) is 0. The maximum Gasteiger partial charge on any atom is 0.181 e. The summed E-state index contributed by atoms with van der Waals surface area (Å²) in [5.41, 5.74) is 2.01. The zero-order valence-electron chi connectivity index (χ0n) is 7.83. The van der Waals surface area contributed by atoms with Crippen molar-refractivity contribution in [3.63, 3.8) is 0 Å². The van der Waals surface area contributed by atoms with E-state index in [0.29, 0.717) is 0 Å². The number of benzene rings is 1. The van der Waals surface area contributed by atoms with Gasteiger partial charge in [-0.25, -0.2) is 4.98 Å². The first-order chi connectivity index (χ1) is 6.83. The lowest BCUT2D eigenvalue weighted by Crippen LogP contribution is -1.84. The molecular formula is C11H10BrNO. The van der Waals surface area contributed by atoms with Crippen molar-refractivity contribution in [1.82, 2.24) is 4.98 Å². The van der Waals surface area contributed by atoms with Crippen LogP contribution < -0.4 is 0 Å². The predicted molar refractivity (Wildman–Crippen MR) is 59.0 cm³/mol. The number of hydrogen-bond acceptors (Lipinski definition) is 2. The fourth-order valence-electron chi connectivity index (χ4n) is 1.39. The van der Waals surface area contributed by atoms with Crippen LogP contribution in [0.4, 0.5) is 0 Å². The predicted octanol–water partition coefficient (Wildman–Crippen LogP) is 3.67. The van der Waals surface area contributed by atoms with Gasteiger partial charge in [0.05, 0.1) is 0 Å². The van der Waals surface area contributed by atoms with Gasteiger partial charge in [-0.2, -0.15) is 0 Å². The third-order valence-corrected chi connectivity index (χ3v) is 2.78. The fraction of sp³-hybridized carbons (Fsp3) is 0.182. The van der Waals surface area contributed by atoms with E-state index in [1.54, 1.807) is 0 Å². The van der Waals surface area contributed by atoms with Gasteiger partial charge < -0.3 is 4.42 Å². The molecule has 2 aromatic rings. The number of hydrogen-bond donors (Lipinski definition) is 0. The molecule has 1 heterocycles. The Morgan fingerprint density at radius 3 is 2.86 bits per heavy atom. The van der Waals surface area contributed by atoms with E-state index in [9.17, 15) is 0 Å². The summed E-state index contributed by atoms with van der Waals surface area (Å²) in [6, 6.07) is 8.01. The lowest BCUT2D eigenvalue weighted by molar-refractivity contribution is 0.510. The fourth-order valence-corrected chi connectivity index (χ4v) is 1.87. The molecule has 0 atom stereocenters. The summed E-state index contributed by atoms with van der Waals surface area (Å²) in [4.78, 5) is 4.22. The first kappa shape index (κ1) is 9.46. The van der Waals surface area contributed by atoms with Gasteiger partial charge in [0.1, 0.15) is 11.5 Å². The van der Waals surface area contributed by atoms with Crippen LogP contribution in [-0.4, -0.2) is 4.98 Å². The Morgan fingerprint density at radius 1 is 1.36 bits per heavy atom. The molecule has 2 nitrogen and oxygen atoms in total. The number of rotatable bonds is 2. The molecule has 3 heteroatoms. The second kappa shape index (κ2) is 3.96. The molecule has 0 aliphatic heterocycles. The number of oxazole rings is 1. The first-order valence-electron chi connectivity index (χ1n) is 4.50. The van der Waals surface area contributed by atoms with Gasteiger partial charge in [0.15, 0.2) is 6.39 Å². The third-order valence-electron chi connectivity index (χ3n) is 2.09. The van der Waals surface area contributed by atoms with Gasteiger partial charge in [0.2, 0.25) is 0 Å². The molecule has 0 saturated heterocycles. The molecule has 0 unspecified atom stereocenters. The molecule has 0 fully saturated rings. The van der Waals surface area contributed by atoms with Crippen molar-refractivity contribution in [3.8, 4) is 11.3 Å². The molecule has 0 radical (unpaired) electrons. The van der Waals surface area contributed by atoms with Gasteiger partial charge in [-0.15, -0.1) is 0 Å². The molecular weight excluding hydrogens is 242 g/mol. The maximum absolute atomic E-state index is 5.29. The van der Waals surface area contributed by atoms with Gasteiger partial charge in [0, 0.05) is 16.5 Å². The molecule has 1 aromatic carbocycles. The maximum atomic E-state index is 5.29. The molecule has 0 N–H and O–H groups in total. The van der Waals surface area contributed by atoms with E-state index >= 15 is 0 Å². The highest BCUT2D eigenvalue weighted by atomic mass is 79.9. The Labute approximate surface area is 91.1 Å². The molecule has 0 saturated carbocycles. The largest absolute Gasteiger partial charge is 0.448 e. The highest BCUT2D eigenvalue weighted by Crippen LogP contribution is 2.29. The van der Waals surface area contributed by atoms with Crippen molar-refractivity contribution in [2.75, 3.05) is 0 Å². The summed E-state index contributed by atoms with van der Waals surface area (Å²) in [6.07, 6.45) is 2.35. The van der Waals surface area contributed by atoms with Crippen molar-refractivity contribution in [3.05, 3.63) is 40.9 Å². The van der Waals surface area contributed by atoms with Crippen molar-refractivity contribution in [2.24, 2.45) is 0 Å². The Morgan fingerprint density at radius 2 is 2.14 bits per heavy atom. The normalized spacial score (nSPS) is 10.4. The minimum atomic E-state index is 0.858. The number of nitrogens with zero attached hydrogens (tertiary/aromatic N) is 1. The van der Waals surface area contributed by atoms with Crippen LogP contribution in [0, 0.1) is 0 Å². The molecule has 0 aliphatic carbocycles. The average molecular weight is 252 g/mol. The van der Waals surface area contributed by atoms with Crippen LogP contribution in [0.25, 0.3) is 11.3 Å². The highest BCUT2D eigenvalue weighted by molar-refractivity contribution is 9.10. The zero-order valence-corrected chi connectivity index (χ0v) is 9.41. The number of aryl methyl sites for hydroxylation is 1. The van der Waals surface area contributed by atoms with Gasteiger partial charge in [-0.1, -0.05) is 41.1 Å². The van der Waals surface area contributed by atoms with Crippen LogP contribution in [0.1, 0.15) is 12.7 Å². The molecule has 0 aliphatic rings. The first-order valence-corrected chi connectivity index (χ1v) is 5.29. The molecule has 14 heavy (non-hydrogen) atoms. The lowest BCUT2D eigenvalue weighted by Gasteiger charge is -2.01. The summed E-state index contributed by atoms with van der Waals surface area (Å²) >= 11 is 3.50. The summed E-state index contributed by atoms with van der Waals surface area (Å²) in [5.74, 6) is 0.928. The van der Waals surface area contributed by atoms with Gasteiger partial charge >= 0.3 is 0 Å². The van der Waals surface area contributed by atoms with Crippen LogP contribution >= 0.6 is 15.9 Å². The van der Waals surface area contributed by atoms with Gasteiger partial charge in [0.25, 0.3) is 0 Å². The Hall–Kier alpha value is -1.09. The molecule has 0 spiro atoms. The van der Waals surface area contributed by atoms with Crippen LogP contribution in [0.2, 0.25) is 0 Å². The number of halogens is 1. The second-order valence-corrected chi connectivity index (χ2v) is 3.81. The molecule has 1 aromatic heterocycles. The minimum Gasteiger partial charge on any atom is -0.448 e. The monoisotopic (exact) mass is 251 g/mol. The number of aromatic nitrogens is 1. The van der Waals surface area contributed by atoms with E-state index in [1.165, 1.54) is 6.39 Å². The Balaban J connectivity index is 2.54. The molecule has 0 amide bonds. The van der Waals surface area contributed by atoms with Crippen LogP contribution in [0.3, 0.4) is 0 Å². The van der Waals surface area contributed by atoms with Gasteiger partial charge in [-0.05, 0) is 6.07 Å². The van der Waals surface area contributed by atoms with Crippen molar-refractivity contribution >= 4 is 15.9 Å². The van der Waals surface area contributed by atoms with Crippen LogP contribution in [-0.2, 0) is 6.42 Å². The van der Waals surface area contributed by atoms with Gasteiger partial charge in [-0.3, -0.25) is 0 Å². The topological polar surface area (TPSA) is 26.0 Å². The minimum absolute atomic E-state index is 0.858. The average Bonchev–Trinajstić information content (AvgIpc) is 2.66. The van der Waals surface area contributed by atoms with Crippen molar-refractivity contribution in [1.29, 1.82) is 0 Å². The van der Waals surface area contributed by atoms with E-state index in [4.69, 9.17) is 4.42 Å². The quantitative estimate of drug-likeness (QED) is 0.815. The molecule has 0 bridgehead atoms. The summed E-state index contributed by atoms with van der Waals surface area (Å²) < 4.78 is 6.34. The van der Waals surface area contributed by atoms with E-state index in [0.717, 1.165) is 27.9 Å². The van der Waals surface area contributed by atoms with Crippen molar-refractivity contribution in [2.45, 2.75) is 13.3 Å². The SMILES string of the molecule is CCc1ocnc1-c1ccccc1Br. The smallest absolute Gasteiger partial charge is 0.181 e. The highest BCUT2D eigenvalue weighted by Gasteiger charge is 2.10. The van der Waals surface area contributed by atoms with Crippen molar-refractivity contribution < 1.29 is 4.42 Å².